The number of aromatic nitrogens is 2. The number of nitrogens with zero attached hydrogens (tertiary/aromatic N) is 2. The SMILES string of the molecule is CCCC(=O)O[C@@H](C)c1nc(C2CC2)no1. The third-order valence-corrected chi connectivity index (χ3v) is 2.51. The van der Waals surface area contributed by atoms with E-state index in [-0.39, 0.29) is 5.97 Å². The third-order valence-electron chi connectivity index (χ3n) is 2.51. The van der Waals surface area contributed by atoms with E-state index in [0.717, 1.165) is 25.1 Å². The van der Waals surface area contributed by atoms with Crippen LogP contribution < -0.4 is 0 Å². The zero-order valence-electron chi connectivity index (χ0n) is 9.60. The van der Waals surface area contributed by atoms with Crippen LogP contribution in [0.4, 0.5) is 0 Å². The fourth-order valence-electron chi connectivity index (χ4n) is 1.43. The molecule has 1 aliphatic rings. The van der Waals surface area contributed by atoms with Crippen molar-refractivity contribution in [3.63, 3.8) is 0 Å². The second-order valence-electron chi connectivity index (χ2n) is 4.15. The molecular formula is C11H16N2O3. The van der Waals surface area contributed by atoms with Crippen LogP contribution in [0.1, 0.15) is 63.3 Å². The summed E-state index contributed by atoms with van der Waals surface area (Å²) in [5.74, 6) is 1.37. The smallest absolute Gasteiger partial charge is 0.306 e. The molecule has 0 spiro atoms. The Balaban J connectivity index is 1.91. The Morgan fingerprint density at radius 3 is 3.00 bits per heavy atom. The summed E-state index contributed by atoms with van der Waals surface area (Å²) in [6, 6.07) is 0. The Morgan fingerprint density at radius 2 is 2.38 bits per heavy atom. The van der Waals surface area contributed by atoms with Gasteiger partial charge < -0.3 is 9.26 Å². The van der Waals surface area contributed by atoms with E-state index in [1.165, 1.54) is 0 Å². The maximum absolute atomic E-state index is 11.3. The number of hydrogen-bond acceptors (Lipinski definition) is 5. The van der Waals surface area contributed by atoms with Crippen LogP contribution >= 0.6 is 0 Å². The summed E-state index contributed by atoms with van der Waals surface area (Å²) in [6.07, 6.45) is 3.02. The monoisotopic (exact) mass is 224 g/mol. The van der Waals surface area contributed by atoms with Crippen molar-refractivity contribution in [2.45, 2.75) is 51.6 Å². The van der Waals surface area contributed by atoms with E-state index in [9.17, 15) is 4.79 Å². The Hall–Kier alpha value is -1.39. The lowest BCUT2D eigenvalue weighted by atomic mass is 10.3. The van der Waals surface area contributed by atoms with Gasteiger partial charge in [0.2, 0.25) is 0 Å². The fourth-order valence-corrected chi connectivity index (χ4v) is 1.43. The molecule has 0 aromatic carbocycles. The first-order valence-electron chi connectivity index (χ1n) is 5.73. The molecule has 0 N–H and O–H groups in total. The highest BCUT2D eigenvalue weighted by atomic mass is 16.6. The third kappa shape index (κ3) is 2.59. The molecule has 0 bridgehead atoms. The summed E-state index contributed by atoms with van der Waals surface area (Å²) >= 11 is 0. The van der Waals surface area contributed by atoms with E-state index in [4.69, 9.17) is 9.26 Å². The fraction of sp³-hybridized carbons (Fsp3) is 0.727. The average molecular weight is 224 g/mol. The minimum absolute atomic E-state index is 0.221. The molecule has 5 nitrogen and oxygen atoms in total. The van der Waals surface area contributed by atoms with Crippen LogP contribution in [-0.2, 0) is 9.53 Å². The predicted molar refractivity (Wildman–Crippen MR) is 55.7 cm³/mol. The molecule has 2 rings (SSSR count). The van der Waals surface area contributed by atoms with E-state index < -0.39 is 6.10 Å². The van der Waals surface area contributed by atoms with Gasteiger partial charge in [0.05, 0.1) is 0 Å². The lowest BCUT2D eigenvalue weighted by Crippen LogP contribution is -2.08. The highest BCUT2D eigenvalue weighted by molar-refractivity contribution is 5.69. The molecule has 1 aromatic rings. The second kappa shape index (κ2) is 4.63. The lowest BCUT2D eigenvalue weighted by Gasteiger charge is -2.07. The minimum Gasteiger partial charge on any atom is -0.453 e. The standard InChI is InChI=1S/C11H16N2O3/c1-3-4-9(14)15-7(2)11-12-10(13-16-11)8-5-6-8/h7-8H,3-6H2,1-2H3/t7-/m0/s1. The molecule has 1 atom stereocenters. The van der Waals surface area contributed by atoms with Gasteiger partial charge in [-0.1, -0.05) is 12.1 Å². The number of carbonyl (C=O) groups is 1. The second-order valence-corrected chi connectivity index (χ2v) is 4.15. The molecule has 1 aromatic heterocycles. The molecule has 0 unspecified atom stereocenters. The van der Waals surface area contributed by atoms with Crippen LogP contribution in [0.2, 0.25) is 0 Å². The zero-order chi connectivity index (χ0) is 11.5. The maximum atomic E-state index is 11.3. The maximum Gasteiger partial charge on any atom is 0.306 e. The normalized spacial score (nSPS) is 17.1. The van der Waals surface area contributed by atoms with Gasteiger partial charge in [-0.15, -0.1) is 0 Å². The molecule has 88 valence electrons. The topological polar surface area (TPSA) is 65.2 Å². The Labute approximate surface area is 94.2 Å². The highest BCUT2D eigenvalue weighted by Gasteiger charge is 2.30. The molecule has 16 heavy (non-hydrogen) atoms. The van der Waals surface area contributed by atoms with Gasteiger partial charge in [-0.2, -0.15) is 4.98 Å². The van der Waals surface area contributed by atoms with Gasteiger partial charge in [0, 0.05) is 12.3 Å². The first-order chi connectivity index (χ1) is 7.70. The molecular weight excluding hydrogens is 208 g/mol. The lowest BCUT2D eigenvalue weighted by molar-refractivity contribution is -0.149. The Morgan fingerprint density at radius 1 is 1.62 bits per heavy atom. The Bertz CT molecular complexity index is 371. The van der Waals surface area contributed by atoms with Crippen LogP contribution in [0.15, 0.2) is 4.52 Å². The molecule has 0 radical (unpaired) electrons. The molecule has 1 heterocycles. The van der Waals surface area contributed by atoms with E-state index in [1.54, 1.807) is 6.92 Å². The number of rotatable bonds is 5. The van der Waals surface area contributed by atoms with Crippen LogP contribution in [0.25, 0.3) is 0 Å². The molecule has 0 amide bonds. The van der Waals surface area contributed by atoms with Crippen molar-refractivity contribution in [1.29, 1.82) is 0 Å². The van der Waals surface area contributed by atoms with Crippen molar-refractivity contribution in [2.75, 3.05) is 0 Å². The molecule has 5 heteroatoms. The molecule has 0 saturated heterocycles. The van der Waals surface area contributed by atoms with E-state index in [1.807, 2.05) is 6.92 Å². The number of hydrogen-bond donors (Lipinski definition) is 0. The summed E-state index contributed by atoms with van der Waals surface area (Å²) in [5, 5.41) is 3.88. The van der Waals surface area contributed by atoms with Crippen molar-refractivity contribution in [3.05, 3.63) is 11.7 Å². The zero-order valence-corrected chi connectivity index (χ0v) is 9.60. The average Bonchev–Trinajstić information content (AvgIpc) is 2.96. The summed E-state index contributed by atoms with van der Waals surface area (Å²) in [4.78, 5) is 15.5. The van der Waals surface area contributed by atoms with E-state index in [0.29, 0.717) is 18.2 Å². The van der Waals surface area contributed by atoms with Crippen LogP contribution in [0.5, 0.6) is 0 Å². The largest absolute Gasteiger partial charge is 0.453 e. The summed E-state index contributed by atoms with van der Waals surface area (Å²) in [5.41, 5.74) is 0. The summed E-state index contributed by atoms with van der Waals surface area (Å²) < 4.78 is 10.2. The van der Waals surface area contributed by atoms with Gasteiger partial charge in [0.1, 0.15) is 0 Å². The minimum atomic E-state index is -0.445. The molecule has 1 aliphatic carbocycles. The number of ether oxygens (including phenoxy) is 1. The van der Waals surface area contributed by atoms with Crippen molar-refractivity contribution in [2.24, 2.45) is 0 Å². The van der Waals surface area contributed by atoms with E-state index in [2.05, 4.69) is 10.1 Å². The number of esters is 1. The summed E-state index contributed by atoms with van der Waals surface area (Å²) in [6.45, 7) is 3.68. The van der Waals surface area contributed by atoms with Crippen molar-refractivity contribution < 1.29 is 14.1 Å². The first-order valence-corrected chi connectivity index (χ1v) is 5.73. The Kier molecular flexibility index (Phi) is 3.22. The van der Waals surface area contributed by atoms with Crippen LogP contribution in [-0.4, -0.2) is 16.1 Å². The predicted octanol–water partition coefficient (Wildman–Crippen LogP) is 2.35. The molecule has 1 fully saturated rings. The van der Waals surface area contributed by atoms with Gasteiger partial charge in [-0.25, -0.2) is 0 Å². The van der Waals surface area contributed by atoms with Crippen LogP contribution in [0, 0.1) is 0 Å². The first kappa shape index (κ1) is 11.1. The van der Waals surface area contributed by atoms with Gasteiger partial charge >= 0.3 is 5.97 Å². The van der Waals surface area contributed by atoms with Gasteiger partial charge in [0.15, 0.2) is 11.9 Å². The van der Waals surface area contributed by atoms with Crippen molar-refractivity contribution >= 4 is 5.97 Å². The van der Waals surface area contributed by atoms with Crippen LogP contribution in [0.3, 0.4) is 0 Å². The number of carbonyl (C=O) groups excluding carboxylic acids is 1. The highest BCUT2D eigenvalue weighted by Crippen LogP contribution is 2.38. The van der Waals surface area contributed by atoms with Gasteiger partial charge in [-0.3, -0.25) is 4.79 Å². The molecule has 0 aliphatic heterocycles. The summed E-state index contributed by atoms with van der Waals surface area (Å²) in [7, 11) is 0. The van der Waals surface area contributed by atoms with Crippen molar-refractivity contribution in [1.82, 2.24) is 10.1 Å². The van der Waals surface area contributed by atoms with Gasteiger partial charge in [-0.05, 0) is 26.2 Å². The van der Waals surface area contributed by atoms with Gasteiger partial charge in [0.25, 0.3) is 5.89 Å². The quantitative estimate of drug-likeness (QED) is 0.718. The molecule has 1 saturated carbocycles. The van der Waals surface area contributed by atoms with E-state index >= 15 is 0 Å². The van der Waals surface area contributed by atoms with Crippen molar-refractivity contribution in [3.8, 4) is 0 Å².